The van der Waals surface area contributed by atoms with Gasteiger partial charge in [0.2, 0.25) is 6.54 Å². The lowest BCUT2D eigenvalue weighted by Crippen LogP contribution is -2.48. The van der Waals surface area contributed by atoms with E-state index in [0.29, 0.717) is 0 Å². The number of hydrogen-bond acceptors (Lipinski definition) is 8. The number of ether oxygens (including phenoxy) is 2. The van der Waals surface area contributed by atoms with Gasteiger partial charge in [-0.2, -0.15) is 0 Å². The van der Waals surface area contributed by atoms with Crippen LogP contribution in [0.5, 0.6) is 0 Å². The van der Waals surface area contributed by atoms with Gasteiger partial charge in [-0.15, -0.1) is 0 Å². The summed E-state index contributed by atoms with van der Waals surface area (Å²) in [6, 6.07) is 1.24. The van der Waals surface area contributed by atoms with Crippen LogP contribution >= 0.6 is 6.72 Å². The minimum absolute atomic E-state index is 0.109. The molecule has 3 atom stereocenters. The molecule has 0 radical (unpaired) electrons. The molecule has 1 spiro atoms. The third-order valence-corrected chi connectivity index (χ3v) is 7.08. The molecule has 1 N–H and O–H groups in total. The van der Waals surface area contributed by atoms with Gasteiger partial charge in [0.05, 0.1) is 13.2 Å². The fourth-order valence-corrected chi connectivity index (χ4v) is 5.01. The molecule has 1 aromatic rings. The van der Waals surface area contributed by atoms with Gasteiger partial charge in [-0.3, -0.25) is 14.3 Å². The Kier molecular flexibility index (Phi) is 5.98. The molecule has 3 heterocycles. The van der Waals surface area contributed by atoms with Crippen molar-refractivity contribution < 1.29 is 23.0 Å². The van der Waals surface area contributed by atoms with Gasteiger partial charge in [0.1, 0.15) is 18.3 Å². The zero-order valence-corrected chi connectivity index (χ0v) is 16.5. The highest BCUT2D eigenvalue weighted by Gasteiger charge is 2.57. The molecular weight excluding hydrogens is 397 g/mol. The van der Waals surface area contributed by atoms with Crippen LogP contribution in [-0.4, -0.2) is 54.7 Å². The normalized spacial score (nSPS) is 36.0. The Morgan fingerprint density at radius 3 is 2.78 bits per heavy atom. The molecule has 2 aliphatic heterocycles. The lowest BCUT2D eigenvalue weighted by molar-refractivity contribution is -0.149. The third kappa shape index (κ3) is 3.93. The van der Waals surface area contributed by atoms with Crippen LogP contribution in [-0.2, 0) is 34.9 Å². The van der Waals surface area contributed by atoms with E-state index < -0.39 is 35.9 Å². The number of rotatable bonds is 5. The van der Waals surface area contributed by atoms with Gasteiger partial charge in [-0.25, -0.2) is 11.4 Å². The Balaban J connectivity index is 1.80. The highest BCUT2D eigenvalue weighted by atomic mass is 32.5. The second kappa shape index (κ2) is 7.93. The van der Waals surface area contributed by atoms with E-state index >= 15 is 0 Å². The van der Waals surface area contributed by atoms with E-state index in [9.17, 15) is 9.59 Å². The maximum absolute atomic E-state index is 12.2. The summed E-state index contributed by atoms with van der Waals surface area (Å²) in [4.78, 5) is 28.9. The lowest BCUT2D eigenvalue weighted by atomic mass is 9.88. The zero-order valence-electron chi connectivity index (χ0n) is 14.8. The summed E-state index contributed by atoms with van der Waals surface area (Å²) in [5, 5.41) is 0. The number of nitrogens with zero attached hydrogens (tertiary/aromatic N) is 2. The summed E-state index contributed by atoms with van der Waals surface area (Å²) >= 11 is 5.30. The van der Waals surface area contributed by atoms with Crippen LogP contribution in [0.15, 0.2) is 21.9 Å². The smallest absolute Gasteiger partial charge is 0.330 e. The maximum Gasteiger partial charge on any atom is 0.330 e. The SMILES string of the molecule is [C-]#[N+]CCOP1(=S)OCC2(CO1)O[C@@H](n1ccc(=O)[nH]c1=O)C(OC)[C@H]2C. The van der Waals surface area contributed by atoms with Crippen molar-refractivity contribution in [3.8, 4) is 0 Å². The fraction of sp³-hybridized carbons (Fsp3) is 0.667. The van der Waals surface area contributed by atoms with Gasteiger partial charge in [0.25, 0.3) is 5.56 Å². The van der Waals surface area contributed by atoms with Crippen molar-refractivity contribution >= 4 is 18.5 Å². The van der Waals surface area contributed by atoms with Gasteiger partial charge in [-0.1, -0.05) is 6.92 Å². The van der Waals surface area contributed by atoms with Crippen LogP contribution in [0.2, 0.25) is 0 Å². The second-order valence-electron chi connectivity index (χ2n) is 6.29. The fourth-order valence-electron chi connectivity index (χ4n) is 3.18. The van der Waals surface area contributed by atoms with Gasteiger partial charge >= 0.3 is 12.4 Å². The molecule has 2 aliphatic rings. The largest absolute Gasteiger partial charge is 0.376 e. The van der Waals surface area contributed by atoms with Crippen LogP contribution < -0.4 is 11.2 Å². The van der Waals surface area contributed by atoms with Crippen molar-refractivity contribution in [2.45, 2.75) is 24.9 Å². The minimum Gasteiger partial charge on any atom is -0.376 e. The number of aromatic amines is 1. The molecule has 27 heavy (non-hydrogen) atoms. The summed E-state index contributed by atoms with van der Waals surface area (Å²) in [5.74, 6) is -0.196. The van der Waals surface area contributed by atoms with Gasteiger partial charge in [-0.05, 0) is 11.8 Å². The topological polar surface area (TPSA) is 105 Å². The van der Waals surface area contributed by atoms with Crippen molar-refractivity contribution in [3.05, 3.63) is 44.5 Å². The van der Waals surface area contributed by atoms with Crippen LogP contribution in [0.4, 0.5) is 0 Å². The Labute approximate surface area is 160 Å². The zero-order chi connectivity index (χ0) is 19.7. The molecule has 148 valence electrons. The van der Waals surface area contributed by atoms with Crippen LogP contribution in [0.25, 0.3) is 4.85 Å². The Morgan fingerprint density at radius 1 is 1.48 bits per heavy atom. The van der Waals surface area contributed by atoms with Gasteiger partial charge in [0.15, 0.2) is 6.23 Å². The Morgan fingerprint density at radius 2 is 2.19 bits per heavy atom. The van der Waals surface area contributed by atoms with Gasteiger partial charge < -0.3 is 27.9 Å². The molecule has 0 aromatic carbocycles. The van der Waals surface area contributed by atoms with E-state index in [1.807, 2.05) is 6.92 Å². The Bertz CT molecular complexity index is 882. The second-order valence-corrected chi connectivity index (χ2v) is 9.30. The molecule has 3 rings (SSSR count). The first-order chi connectivity index (χ1) is 12.8. The summed E-state index contributed by atoms with van der Waals surface area (Å²) in [5.41, 5.74) is -1.97. The molecule has 10 nitrogen and oxygen atoms in total. The van der Waals surface area contributed by atoms with Crippen molar-refractivity contribution in [2.75, 3.05) is 33.5 Å². The minimum atomic E-state index is -2.93. The highest BCUT2D eigenvalue weighted by molar-refractivity contribution is 8.07. The summed E-state index contributed by atoms with van der Waals surface area (Å²) in [7, 11) is 1.52. The molecule has 0 saturated carbocycles. The third-order valence-electron chi connectivity index (χ3n) is 4.74. The number of aromatic nitrogens is 2. The lowest BCUT2D eigenvalue weighted by Gasteiger charge is -2.39. The molecule has 1 unspecified atom stereocenters. The molecule has 1 aromatic heterocycles. The molecule has 0 bridgehead atoms. The van der Waals surface area contributed by atoms with E-state index in [2.05, 4.69) is 9.83 Å². The van der Waals surface area contributed by atoms with Crippen LogP contribution in [0.3, 0.4) is 0 Å². The van der Waals surface area contributed by atoms with E-state index in [4.69, 9.17) is 41.4 Å². The first-order valence-corrected chi connectivity index (χ1v) is 10.8. The number of hydrogen-bond donors (Lipinski definition) is 1. The van der Waals surface area contributed by atoms with Gasteiger partial charge in [0, 0.05) is 25.3 Å². The highest BCUT2D eigenvalue weighted by Crippen LogP contribution is 2.57. The number of methoxy groups -OCH3 is 1. The average molecular weight is 417 g/mol. The van der Waals surface area contributed by atoms with E-state index in [1.54, 1.807) is 0 Å². The molecular formula is C15H20N3O7PS. The van der Waals surface area contributed by atoms with Crippen LogP contribution in [0, 0.1) is 12.5 Å². The Hall–Kier alpha value is -1.38. The van der Waals surface area contributed by atoms with E-state index in [0.717, 1.165) is 0 Å². The van der Waals surface area contributed by atoms with Crippen molar-refractivity contribution in [1.29, 1.82) is 0 Å². The summed E-state index contributed by atoms with van der Waals surface area (Å²) < 4.78 is 29.8. The monoisotopic (exact) mass is 417 g/mol. The molecule has 2 fully saturated rings. The molecule has 0 aliphatic carbocycles. The van der Waals surface area contributed by atoms with Crippen molar-refractivity contribution in [3.63, 3.8) is 0 Å². The maximum atomic E-state index is 12.2. The quantitative estimate of drug-likeness (QED) is 0.423. The average Bonchev–Trinajstić information content (AvgIpc) is 2.90. The first-order valence-electron chi connectivity index (χ1n) is 8.23. The summed E-state index contributed by atoms with van der Waals surface area (Å²) in [6.07, 6.45) is 0.131. The molecule has 12 heteroatoms. The van der Waals surface area contributed by atoms with E-state index in [1.165, 1.54) is 23.9 Å². The summed E-state index contributed by atoms with van der Waals surface area (Å²) in [6.45, 7) is 6.28. The standard InChI is InChI=1S/C15H20N3O7PS/c1-10-12(21-3)13(18-6-4-11(19)17-14(18)20)25-15(10)8-23-26(27,24-9-15)22-7-5-16-2/h4,6,10,12-13H,5,7-9H2,1,3H3,(H,17,19,20)/t10-,12?,13-,15?,26?/m1/s1. The predicted molar refractivity (Wildman–Crippen MR) is 97.7 cm³/mol. The number of H-pyrrole nitrogens is 1. The first kappa shape index (κ1) is 20.4. The van der Waals surface area contributed by atoms with Crippen molar-refractivity contribution in [2.24, 2.45) is 5.92 Å². The molecule has 0 amide bonds. The van der Waals surface area contributed by atoms with E-state index in [-0.39, 0.29) is 32.3 Å². The van der Waals surface area contributed by atoms with Crippen LogP contribution in [0.1, 0.15) is 13.2 Å². The number of nitrogens with one attached hydrogen (secondary N) is 1. The predicted octanol–water partition coefficient (Wildman–Crippen LogP) is 0.662. The van der Waals surface area contributed by atoms with Crippen molar-refractivity contribution in [1.82, 2.24) is 9.55 Å². The molecule has 2 saturated heterocycles.